The average Bonchev–Trinajstić information content (AvgIpc) is 1.60. The van der Waals surface area contributed by atoms with E-state index in [1.54, 1.807) is 12.1 Å². The summed E-state index contributed by atoms with van der Waals surface area (Å²) < 4.78 is 179. The average molecular weight is 2160 g/mol. The number of thiol groups is 1. The first-order chi connectivity index (χ1) is 69.0. The Labute approximate surface area is 869 Å². The van der Waals surface area contributed by atoms with Gasteiger partial charge in [0.2, 0.25) is 29.5 Å². The van der Waals surface area contributed by atoms with Crippen LogP contribution in [-0.2, 0) is 87.8 Å². The van der Waals surface area contributed by atoms with Crippen LogP contribution in [0.25, 0.3) is 0 Å². The fourth-order valence-electron chi connectivity index (χ4n) is 15.0. The molecule has 44 heteroatoms. The number of amides is 6. The molecule has 7 heterocycles. The first-order valence-electron chi connectivity index (χ1n) is 43.9. The molecule has 12 N–H and O–H groups in total. The Morgan fingerprint density at radius 1 is 0.460 bits per heavy atom. The molecule has 10 aromatic rings. The van der Waals surface area contributed by atoms with Crippen LogP contribution in [0, 0.1) is 102 Å². The maximum Gasteiger partial charge on any atom is 0.407 e. The van der Waals surface area contributed by atoms with Crippen LogP contribution in [0.1, 0.15) is 172 Å². The molecule has 17 rings (SSSR count). The van der Waals surface area contributed by atoms with Crippen LogP contribution < -0.4 is 38.1 Å². The summed E-state index contributed by atoms with van der Waals surface area (Å²) in [6.07, 6.45) is 4.27. The maximum absolute atomic E-state index is 13.7. The van der Waals surface area contributed by atoms with Crippen molar-refractivity contribution in [2.75, 3.05) is 20.8 Å². The number of nitrogens with one attached hydrogen (secondary N) is 6. The Hall–Kier alpha value is -15.2. The molecule has 6 saturated heterocycles. The minimum absolute atomic E-state index is 0. The molecule has 804 valence electrons. The molecule has 0 bridgehead atoms. The minimum atomic E-state index is -1.59. The van der Waals surface area contributed by atoms with E-state index in [1.165, 1.54) is 32.6 Å². The van der Waals surface area contributed by atoms with Gasteiger partial charge in [0, 0.05) is 102 Å². The van der Waals surface area contributed by atoms with Crippen molar-refractivity contribution in [3.8, 4) is 0 Å². The van der Waals surface area contributed by atoms with Gasteiger partial charge in [-0.25, -0.2) is 67.1 Å². The van der Waals surface area contributed by atoms with E-state index in [-0.39, 0.29) is 118 Å². The predicted octanol–water partition coefficient (Wildman–Crippen LogP) is 19.4. The number of rotatable bonds is 17. The van der Waals surface area contributed by atoms with Crippen LogP contribution in [0.15, 0.2) is 239 Å². The summed E-state index contributed by atoms with van der Waals surface area (Å²) >= 11 is 6.29. The second kappa shape index (κ2) is 60.3. The molecule has 0 aliphatic carbocycles. The third-order valence-corrected chi connectivity index (χ3v) is 24.7. The smallest absolute Gasteiger partial charge is 0.407 e. The van der Waals surface area contributed by atoms with Crippen molar-refractivity contribution < 1.29 is 159 Å². The fourth-order valence-corrected chi connectivity index (χ4v) is 17.9. The van der Waals surface area contributed by atoms with E-state index in [0.717, 1.165) is 167 Å². The van der Waals surface area contributed by atoms with Gasteiger partial charge in [-0.1, -0.05) is 106 Å². The largest absolute Gasteiger partial charge is 0.481 e. The Morgan fingerprint density at radius 3 is 1.15 bits per heavy atom. The highest BCUT2D eigenvalue weighted by atomic mass is 32.2. The molecule has 6 fully saturated rings. The van der Waals surface area contributed by atoms with E-state index in [1.807, 2.05) is 105 Å². The fraction of sp³-hybridized carbons (Fsp3) is 0.283. The number of aldehydes is 1. The lowest BCUT2D eigenvalue weighted by molar-refractivity contribution is -0.150. The number of methoxy groups -OCH3 is 2. The summed E-state index contributed by atoms with van der Waals surface area (Å²) in [5.41, 5.74) is 5.03. The molecule has 150 heavy (non-hydrogen) atoms. The van der Waals surface area contributed by atoms with Gasteiger partial charge in [0.15, 0.2) is 9.49 Å². The van der Waals surface area contributed by atoms with Crippen LogP contribution in [-0.4, -0.2) is 141 Å². The normalized spacial score (nSPS) is 19.7. The topological polar surface area (TPSA) is 453 Å². The maximum atomic E-state index is 13.7. The molecule has 10 aromatic carbocycles. The number of alkyl carbamates (subject to hydrolysis) is 1. The second-order valence-corrected chi connectivity index (χ2v) is 36.3. The van der Waals surface area contributed by atoms with E-state index in [2.05, 4.69) is 67.9 Å². The summed E-state index contributed by atoms with van der Waals surface area (Å²) in [5.74, 6) is -18.6. The first kappa shape index (κ1) is 127. The third-order valence-electron chi connectivity index (χ3n) is 21.6. The number of aliphatic carboxylic acids is 3. The molecular formula is C106H111F12N7O22S3. The standard InChI is InChI=1S/C19H17F2NO3S.C18H16F2N2O3.C18H15F2NO3S.C12H11F2NO3.C11H9F2NO3.C7H4F2O.C7H8S.C5H10O.C4H2O3.C2H4O2.3CH4.H3N/c1-11-3-5-15(6-4-11)26-19(18(24)25-2)10-16(23)22-17(19)12-7-13(20)9-14(21)8-12;19-13-6-12(7-14(20)8-13)17-15(9-16(23)22-17)21-18(24)25-10-11-4-2-1-3-5-11;1-10-2-4-14(5-3-10)25-18(17(23)24)9-15(22)21-16(18)11-6-12(19)8-13(20)7-11;1-18-12(17)9-5-10(16)15-11(9)6-2-7(13)4-8(14)3-6;12-6-1-5(2-7(13)3-6)10-8(11(16)17)4-9(15)14-10;8-6-1-5(4-10)2-7(9)3-6;1-6-2-4-7(8)5-3-6;1-5-3-2-4-6-5;5-3-1-2-4(6)7-3;1-2(3)4;;;;/h3-9,17H,10H2,1-2H3,(H,22,23);1-8,15,17H,9-10H2,(H,21,24)(H,22,23);2-8,16H,9H2,1H3,(H,21,22)(H,23,24);2-4,9,11H,5H2,1H3,(H,15,16);1-3,8,10H,4H2,(H,14,15)(H,16,17);1-4H;2-5,8H,1H3;5H,2-4H2,1H3;1-2H;1H3,(H,3,4);3*1H4;1H3/t17?,19-;15-,17?;16?,18-;9-,11?;8-,10?;;;;;;;;;/m10100........./s1. The quantitative estimate of drug-likeness (QED) is 0.0101. The molecule has 0 spiro atoms. The van der Waals surface area contributed by atoms with E-state index in [9.17, 15) is 120 Å². The number of carbonyl (C=O) groups excluding carboxylic acids is 11. The van der Waals surface area contributed by atoms with Gasteiger partial charge >= 0.3 is 41.9 Å². The Morgan fingerprint density at radius 2 is 0.807 bits per heavy atom. The van der Waals surface area contributed by atoms with Gasteiger partial charge in [-0.3, -0.25) is 52.7 Å². The number of cyclic esters (lactones) is 2. The van der Waals surface area contributed by atoms with Crippen LogP contribution >= 0.6 is 36.2 Å². The van der Waals surface area contributed by atoms with E-state index < -0.39 is 187 Å². The number of aryl methyl sites for hydroxylation is 3. The van der Waals surface area contributed by atoms with Gasteiger partial charge in [-0.15, -0.1) is 36.2 Å². The summed E-state index contributed by atoms with van der Waals surface area (Å²) in [5, 5.41) is 41.5. The Balaban J connectivity index is 0.000000360. The van der Waals surface area contributed by atoms with Crippen LogP contribution in [0.4, 0.5) is 57.5 Å². The van der Waals surface area contributed by atoms with Crippen LogP contribution in [0.2, 0.25) is 0 Å². The number of carboxylic acids is 3. The predicted molar refractivity (Wildman–Crippen MR) is 532 cm³/mol. The van der Waals surface area contributed by atoms with E-state index in [4.69, 9.17) is 29.2 Å². The Bertz CT molecular complexity index is 6250. The molecule has 11 atom stereocenters. The monoisotopic (exact) mass is 2160 g/mol. The Kier molecular flexibility index (Phi) is 51.2. The van der Waals surface area contributed by atoms with Crippen molar-refractivity contribution in [1.82, 2.24) is 38.1 Å². The number of carboxylic acid groups (broad SMARTS) is 3. The van der Waals surface area contributed by atoms with Crippen molar-refractivity contribution in [1.29, 1.82) is 0 Å². The van der Waals surface area contributed by atoms with Gasteiger partial charge in [-0.05, 0) is 183 Å². The lowest BCUT2D eigenvalue weighted by Crippen LogP contribution is -2.41. The zero-order chi connectivity index (χ0) is 108. The summed E-state index contributed by atoms with van der Waals surface area (Å²) in [6.45, 7) is 10.2. The number of carbonyl (C=O) groups is 14. The molecule has 7 aliphatic rings. The zero-order valence-corrected chi connectivity index (χ0v) is 81.6. The number of hydrogen-bond acceptors (Lipinski definition) is 23. The molecule has 6 unspecified atom stereocenters. The van der Waals surface area contributed by atoms with Gasteiger partial charge < -0.3 is 77.1 Å². The SMILES string of the molecule is C.C.C.CC(=O)O.CC1CCCO1.COC(=O)[C@@]1(Sc2ccc(C)cc2)CC(=O)NC1c1cc(F)cc(F)c1.COC(=O)[C@H]1CC(=O)NC1c1cc(F)cc(F)c1.Cc1ccc(S)cc1.Cc1ccc(S[C@]2(C(=O)O)CC(=O)NC2c2cc(F)cc(F)c2)cc1.N.O=C1C=CC(=O)O1.O=C1C[C@H](C(=O)O)C(c2cc(F)cc(F)c2)N1.O=C1C[C@H](NC(=O)OCc2ccccc2)C(c2cc(F)cc(F)c2)N1.O=Cc1cc(F)cc(F)c1. The third kappa shape index (κ3) is 39.5. The minimum Gasteiger partial charge on any atom is -0.481 e. The van der Waals surface area contributed by atoms with Gasteiger partial charge in [0.1, 0.15) is 82.7 Å². The van der Waals surface area contributed by atoms with Crippen molar-refractivity contribution in [2.45, 2.75) is 175 Å². The number of esters is 4. The summed E-state index contributed by atoms with van der Waals surface area (Å²) in [4.78, 5) is 159. The van der Waals surface area contributed by atoms with Crippen molar-refractivity contribution in [2.24, 2.45) is 11.8 Å². The lowest BCUT2D eigenvalue weighted by atomic mass is 9.93. The molecule has 0 saturated carbocycles. The van der Waals surface area contributed by atoms with E-state index >= 15 is 0 Å². The number of thioether (sulfide) groups is 2. The first-order valence-corrected chi connectivity index (χ1v) is 45.9. The molecular weight excluding hydrogens is 2050 g/mol. The molecule has 0 aromatic heterocycles. The molecule has 7 aliphatic heterocycles. The van der Waals surface area contributed by atoms with Gasteiger partial charge in [0.25, 0.3) is 5.97 Å². The number of benzene rings is 10. The van der Waals surface area contributed by atoms with Gasteiger partial charge in [0.05, 0.1) is 81.3 Å². The summed E-state index contributed by atoms with van der Waals surface area (Å²) in [6, 6.07) is 43.9. The molecule has 6 amide bonds. The second-order valence-electron chi connectivity index (χ2n) is 33.0. The number of halogens is 12. The van der Waals surface area contributed by atoms with Crippen molar-refractivity contribution in [3.63, 3.8) is 0 Å². The van der Waals surface area contributed by atoms with Crippen LogP contribution in [0.3, 0.4) is 0 Å². The highest BCUT2D eigenvalue weighted by Gasteiger charge is 2.57. The lowest BCUT2D eigenvalue weighted by Gasteiger charge is -2.31. The van der Waals surface area contributed by atoms with Gasteiger partial charge in [-0.2, -0.15) is 0 Å². The highest BCUT2D eigenvalue weighted by Crippen LogP contribution is 2.51. The van der Waals surface area contributed by atoms with Crippen molar-refractivity contribution >= 4 is 120 Å². The highest BCUT2D eigenvalue weighted by molar-refractivity contribution is 8.01. The van der Waals surface area contributed by atoms with E-state index in [0.29, 0.717) is 35.5 Å². The number of hydrogen-bond donors (Lipinski definition) is 11. The summed E-state index contributed by atoms with van der Waals surface area (Å²) in [7, 11) is 2.43. The van der Waals surface area contributed by atoms with Crippen LogP contribution in [0.5, 0.6) is 0 Å². The van der Waals surface area contributed by atoms with Crippen molar-refractivity contribution in [3.05, 3.63) is 350 Å². The number of ether oxygens (including phenoxy) is 5. The molecule has 29 nitrogen and oxygen atoms in total. The molecule has 0 radical (unpaired) electrons. The zero-order valence-electron chi connectivity index (χ0n) is 79.1.